The Kier molecular flexibility index (Phi) is 15.0. The van der Waals surface area contributed by atoms with Gasteiger partial charge in [-0.1, -0.05) is 33.4 Å². The average Bonchev–Trinajstić information content (AvgIpc) is 2.63. The van der Waals surface area contributed by atoms with Crippen molar-refractivity contribution < 1.29 is 39.0 Å². The molecule has 2 unspecified atom stereocenters. The Morgan fingerprint density at radius 1 is 0.742 bits per heavy atom. The van der Waals surface area contributed by atoms with Gasteiger partial charge in [-0.3, -0.25) is 19.2 Å². The Hall–Kier alpha value is -3.30. The second-order valence-corrected chi connectivity index (χ2v) is 6.86. The molecule has 2 amide bonds. The van der Waals surface area contributed by atoms with Crippen LogP contribution in [0, 0.1) is 0 Å². The van der Waals surface area contributed by atoms with Crippen LogP contribution in [0.15, 0.2) is 24.3 Å². The van der Waals surface area contributed by atoms with Crippen LogP contribution in [0.5, 0.6) is 0 Å². The minimum absolute atomic E-state index is 0.0567. The van der Waals surface area contributed by atoms with Gasteiger partial charge in [-0.15, -0.1) is 0 Å². The molecule has 0 aliphatic heterocycles. The standard InChI is InChI=1S/C11H17NO4.C10H15NO4/c1-4-5-9(8(3)11(15)16)12-10(14)6-7(2)13;1-4-8(7(3)10(14)15)11-9(13)5-6(2)12/h9H,3-6H2,1-2H3,(H,12,14)(H,15,16);8H,3-5H2,1-2H3,(H,11,13)(H,14,15). The van der Waals surface area contributed by atoms with E-state index in [2.05, 4.69) is 23.8 Å². The minimum Gasteiger partial charge on any atom is -0.478 e. The van der Waals surface area contributed by atoms with E-state index in [0.29, 0.717) is 12.8 Å². The predicted molar refractivity (Wildman–Crippen MR) is 113 cm³/mol. The summed E-state index contributed by atoms with van der Waals surface area (Å²) in [6, 6.07) is -1.22. The number of carbonyl (C=O) groups is 6. The molecule has 4 N–H and O–H groups in total. The van der Waals surface area contributed by atoms with Crippen molar-refractivity contribution in [1.29, 1.82) is 0 Å². The number of nitrogens with one attached hydrogen (secondary N) is 2. The number of carboxylic acids is 2. The summed E-state index contributed by atoms with van der Waals surface area (Å²) < 4.78 is 0. The quantitative estimate of drug-likeness (QED) is 0.246. The van der Waals surface area contributed by atoms with Gasteiger partial charge in [0.05, 0.1) is 36.1 Å². The number of hydrogen-bond acceptors (Lipinski definition) is 6. The van der Waals surface area contributed by atoms with E-state index in [1.807, 2.05) is 6.92 Å². The van der Waals surface area contributed by atoms with Crippen molar-refractivity contribution in [3.05, 3.63) is 24.3 Å². The van der Waals surface area contributed by atoms with Crippen molar-refractivity contribution in [2.75, 3.05) is 0 Å². The molecular weight excluding hydrogens is 408 g/mol. The monoisotopic (exact) mass is 440 g/mol. The lowest BCUT2D eigenvalue weighted by molar-refractivity contribution is -0.134. The summed E-state index contributed by atoms with van der Waals surface area (Å²) in [6.07, 6.45) is 1.18. The van der Waals surface area contributed by atoms with Crippen molar-refractivity contribution in [2.45, 2.75) is 71.9 Å². The molecule has 0 saturated carbocycles. The highest BCUT2D eigenvalue weighted by Gasteiger charge is 2.20. The van der Waals surface area contributed by atoms with Crippen LogP contribution < -0.4 is 10.6 Å². The first-order valence-electron chi connectivity index (χ1n) is 9.68. The van der Waals surface area contributed by atoms with E-state index in [1.165, 1.54) is 13.8 Å². The van der Waals surface area contributed by atoms with Gasteiger partial charge in [-0.25, -0.2) is 9.59 Å². The summed E-state index contributed by atoms with van der Waals surface area (Å²) in [6.45, 7) is 13.0. The molecule has 0 bridgehead atoms. The summed E-state index contributed by atoms with van der Waals surface area (Å²) in [5, 5.41) is 22.3. The second-order valence-electron chi connectivity index (χ2n) is 6.86. The fourth-order valence-corrected chi connectivity index (χ4v) is 2.30. The zero-order chi connectivity index (χ0) is 24.7. The van der Waals surface area contributed by atoms with Crippen LogP contribution in [-0.2, 0) is 28.8 Å². The minimum atomic E-state index is -1.15. The molecule has 10 heteroatoms. The highest BCUT2D eigenvalue weighted by atomic mass is 16.4. The molecule has 0 aromatic rings. The fourth-order valence-electron chi connectivity index (χ4n) is 2.30. The second kappa shape index (κ2) is 15.5. The first kappa shape index (κ1) is 29.9. The SMILES string of the molecule is C=C(C(=O)O)C(CC)NC(=O)CC(C)=O.C=C(C(=O)O)C(CCC)NC(=O)CC(C)=O. The van der Waals surface area contributed by atoms with E-state index in [9.17, 15) is 28.8 Å². The molecule has 31 heavy (non-hydrogen) atoms. The molecule has 0 spiro atoms. The van der Waals surface area contributed by atoms with Crippen LogP contribution in [0.4, 0.5) is 0 Å². The zero-order valence-corrected chi connectivity index (χ0v) is 18.4. The number of ketones is 2. The molecule has 0 heterocycles. The third-order valence-corrected chi connectivity index (χ3v) is 3.87. The van der Waals surface area contributed by atoms with Gasteiger partial charge >= 0.3 is 11.9 Å². The van der Waals surface area contributed by atoms with Gasteiger partial charge in [0.1, 0.15) is 11.6 Å². The maximum atomic E-state index is 11.3. The number of aliphatic carboxylic acids is 2. The smallest absolute Gasteiger partial charge is 0.333 e. The van der Waals surface area contributed by atoms with Gasteiger partial charge in [0.2, 0.25) is 11.8 Å². The van der Waals surface area contributed by atoms with Crippen LogP contribution in [0.1, 0.15) is 59.8 Å². The maximum Gasteiger partial charge on any atom is 0.333 e. The number of Topliss-reactive ketones (excluding diaryl/α,β-unsaturated/α-hetero) is 2. The van der Waals surface area contributed by atoms with Crippen molar-refractivity contribution in [3.63, 3.8) is 0 Å². The largest absolute Gasteiger partial charge is 0.478 e. The first-order valence-corrected chi connectivity index (χ1v) is 9.68. The van der Waals surface area contributed by atoms with Crippen LogP contribution in [-0.4, -0.2) is 57.6 Å². The topological polar surface area (TPSA) is 167 Å². The molecule has 0 fully saturated rings. The Bertz CT molecular complexity index is 727. The zero-order valence-electron chi connectivity index (χ0n) is 18.4. The molecule has 0 aliphatic rings. The average molecular weight is 440 g/mol. The van der Waals surface area contributed by atoms with Crippen molar-refractivity contribution in [3.8, 4) is 0 Å². The molecule has 174 valence electrons. The Morgan fingerprint density at radius 3 is 1.39 bits per heavy atom. The summed E-state index contributed by atoms with van der Waals surface area (Å²) in [5.41, 5.74) is -0.131. The molecular formula is C21H32N2O8. The van der Waals surface area contributed by atoms with E-state index in [1.54, 1.807) is 6.92 Å². The van der Waals surface area contributed by atoms with Gasteiger partial charge in [-0.2, -0.15) is 0 Å². The van der Waals surface area contributed by atoms with E-state index in [-0.39, 0.29) is 35.6 Å². The van der Waals surface area contributed by atoms with E-state index in [4.69, 9.17) is 10.2 Å². The lowest BCUT2D eigenvalue weighted by Crippen LogP contribution is -2.38. The molecule has 0 aromatic heterocycles. The fraction of sp³-hybridized carbons (Fsp3) is 0.524. The Labute approximate surface area is 181 Å². The van der Waals surface area contributed by atoms with E-state index in [0.717, 1.165) is 6.42 Å². The summed E-state index contributed by atoms with van der Waals surface area (Å²) in [7, 11) is 0. The number of hydrogen-bond donors (Lipinski definition) is 4. The number of carboxylic acid groups (broad SMARTS) is 2. The van der Waals surface area contributed by atoms with E-state index >= 15 is 0 Å². The van der Waals surface area contributed by atoms with Crippen molar-refractivity contribution in [2.24, 2.45) is 0 Å². The maximum absolute atomic E-state index is 11.3. The first-order chi connectivity index (χ1) is 14.3. The highest BCUT2D eigenvalue weighted by molar-refractivity contribution is 5.98. The van der Waals surface area contributed by atoms with Gasteiger partial charge in [0.15, 0.2) is 0 Å². The molecule has 0 aromatic carbocycles. The van der Waals surface area contributed by atoms with E-state index < -0.39 is 35.8 Å². The molecule has 0 aliphatic carbocycles. The highest BCUT2D eigenvalue weighted by Crippen LogP contribution is 2.08. The summed E-state index contributed by atoms with van der Waals surface area (Å²) >= 11 is 0. The molecule has 2 atom stereocenters. The summed E-state index contributed by atoms with van der Waals surface area (Å²) in [5.74, 6) is -3.74. The number of rotatable bonds is 13. The van der Waals surface area contributed by atoms with Gasteiger partial charge < -0.3 is 20.8 Å². The predicted octanol–water partition coefficient (Wildman–Crippen LogP) is 1.39. The number of amides is 2. The van der Waals surface area contributed by atoms with Gasteiger partial charge in [-0.05, 0) is 26.7 Å². The summed E-state index contributed by atoms with van der Waals surface area (Å²) in [4.78, 5) is 65.1. The van der Waals surface area contributed by atoms with Gasteiger partial charge in [0.25, 0.3) is 0 Å². The Balaban J connectivity index is 0. The lowest BCUT2D eigenvalue weighted by atomic mass is 10.0. The molecule has 0 rings (SSSR count). The van der Waals surface area contributed by atoms with Crippen LogP contribution in [0.2, 0.25) is 0 Å². The van der Waals surface area contributed by atoms with Crippen LogP contribution >= 0.6 is 0 Å². The normalized spacial score (nSPS) is 11.6. The number of carbonyl (C=O) groups excluding carboxylic acids is 4. The molecule has 0 radical (unpaired) electrons. The third kappa shape index (κ3) is 14.3. The van der Waals surface area contributed by atoms with Crippen molar-refractivity contribution >= 4 is 35.3 Å². The Morgan fingerprint density at radius 2 is 1.10 bits per heavy atom. The molecule has 0 saturated heterocycles. The molecule has 10 nitrogen and oxygen atoms in total. The lowest BCUT2D eigenvalue weighted by Gasteiger charge is -2.17. The van der Waals surface area contributed by atoms with Crippen LogP contribution in [0.3, 0.4) is 0 Å². The van der Waals surface area contributed by atoms with Crippen molar-refractivity contribution in [1.82, 2.24) is 10.6 Å². The van der Waals surface area contributed by atoms with Gasteiger partial charge in [0, 0.05) is 0 Å². The third-order valence-electron chi connectivity index (χ3n) is 3.87. The van der Waals surface area contributed by atoms with Crippen LogP contribution in [0.25, 0.3) is 0 Å².